The average molecular weight is 457 g/mol. The standard InChI is InChI=1S/C24H28N2O5S/c1-26(22-18-10-16-11-19(22)14-24(28,12-16)13-18)23(27)17-5-7-20(8-6-17)31-15-32(29,30)21-4-2-3-9-25-21/h2-9,16,18-19,22,28H,10-15H2,1H3. The van der Waals surface area contributed by atoms with Gasteiger partial charge in [0.1, 0.15) is 5.75 Å². The Morgan fingerprint density at radius 1 is 1.12 bits per heavy atom. The normalized spacial score (nSPS) is 30.8. The fraction of sp³-hybridized carbons (Fsp3) is 0.500. The van der Waals surface area contributed by atoms with Gasteiger partial charge in [-0.15, -0.1) is 0 Å². The molecule has 4 aliphatic rings. The zero-order chi connectivity index (χ0) is 22.5. The van der Waals surface area contributed by atoms with Crippen molar-refractivity contribution in [3.8, 4) is 5.75 Å². The van der Waals surface area contributed by atoms with E-state index < -0.39 is 21.4 Å². The van der Waals surface area contributed by atoms with Gasteiger partial charge in [0, 0.05) is 24.8 Å². The molecule has 2 atom stereocenters. The van der Waals surface area contributed by atoms with Crippen molar-refractivity contribution in [2.75, 3.05) is 13.0 Å². The minimum Gasteiger partial charge on any atom is -0.477 e. The largest absolute Gasteiger partial charge is 0.477 e. The van der Waals surface area contributed by atoms with Gasteiger partial charge in [-0.25, -0.2) is 13.4 Å². The molecule has 0 radical (unpaired) electrons. The number of pyridine rings is 1. The Kier molecular flexibility index (Phi) is 5.25. The van der Waals surface area contributed by atoms with E-state index >= 15 is 0 Å². The predicted molar refractivity (Wildman–Crippen MR) is 118 cm³/mol. The van der Waals surface area contributed by atoms with Crippen LogP contribution in [-0.4, -0.2) is 53.9 Å². The molecule has 8 heteroatoms. The first-order chi connectivity index (χ1) is 15.2. The smallest absolute Gasteiger partial charge is 0.253 e. The number of carbonyl (C=O) groups excluding carboxylic acids is 1. The molecule has 1 aromatic carbocycles. The lowest BCUT2D eigenvalue weighted by molar-refractivity contribution is -0.152. The fourth-order valence-electron chi connectivity index (χ4n) is 6.36. The summed E-state index contributed by atoms with van der Waals surface area (Å²) in [4.78, 5) is 18.9. The van der Waals surface area contributed by atoms with E-state index in [2.05, 4.69) is 4.98 Å². The Morgan fingerprint density at radius 2 is 1.81 bits per heavy atom. The summed E-state index contributed by atoms with van der Waals surface area (Å²) in [7, 11) is -1.79. The zero-order valence-corrected chi connectivity index (χ0v) is 18.9. The Labute approximate surface area is 188 Å². The summed E-state index contributed by atoms with van der Waals surface area (Å²) in [6.45, 7) is 0. The Morgan fingerprint density at radius 3 is 2.41 bits per heavy atom. The number of sulfone groups is 1. The number of amides is 1. The van der Waals surface area contributed by atoms with Gasteiger partial charge in [-0.3, -0.25) is 4.79 Å². The molecule has 1 aromatic heterocycles. The van der Waals surface area contributed by atoms with Gasteiger partial charge < -0.3 is 14.7 Å². The third-order valence-electron chi connectivity index (χ3n) is 7.40. The van der Waals surface area contributed by atoms with Crippen molar-refractivity contribution in [1.82, 2.24) is 9.88 Å². The van der Waals surface area contributed by atoms with Gasteiger partial charge in [0.25, 0.3) is 5.91 Å². The van der Waals surface area contributed by atoms with Crippen molar-refractivity contribution in [2.24, 2.45) is 17.8 Å². The van der Waals surface area contributed by atoms with Crippen LogP contribution in [-0.2, 0) is 9.84 Å². The molecule has 170 valence electrons. The highest BCUT2D eigenvalue weighted by Gasteiger charge is 2.56. The minimum atomic E-state index is -3.66. The van der Waals surface area contributed by atoms with E-state index in [1.54, 1.807) is 36.4 Å². The highest BCUT2D eigenvalue weighted by molar-refractivity contribution is 7.91. The number of nitrogens with zero attached hydrogens (tertiary/aromatic N) is 2. The van der Waals surface area contributed by atoms with Crippen LogP contribution >= 0.6 is 0 Å². The molecule has 0 spiro atoms. The number of benzene rings is 1. The number of hydrogen-bond donors (Lipinski definition) is 1. The second-order valence-electron chi connectivity index (χ2n) is 9.67. The topological polar surface area (TPSA) is 96.8 Å². The lowest BCUT2D eigenvalue weighted by atomic mass is 9.52. The number of hydrogen-bond acceptors (Lipinski definition) is 6. The van der Waals surface area contributed by atoms with Gasteiger partial charge in [-0.05, 0) is 86.3 Å². The van der Waals surface area contributed by atoms with Crippen molar-refractivity contribution in [2.45, 2.75) is 48.8 Å². The molecule has 6 rings (SSSR count). The maximum absolute atomic E-state index is 13.2. The number of rotatable bonds is 6. The maximum atomic E-state index is 13.2. The van der Waals surface area contributed by atoms with Crippen LogP contribution in [0, 0.1) is 17.8 Å². The van der Waals surface area contributed by atoms with Crippen molar-refractivity contribution in [1.29, 1.82) is 0 Å². The van der Waals surface area contributed by atoms with E-state index in [4.69, 9.17) is 4.74 Å². The molecule has 4 saturated carbocycles. The Hall–Kier alpha value is -2.45. The summed E-state index contributed by atoms with van der Waals surface area (Å²) in [5, 5.41) is 10.8. The zero-order valence-electron chi connectivity index (χ0n) is 18.1. The monoisotopic (exact) mass is 456 g/mol. The summed E-state index contributed by atoms with van der Waals surface area (Å²) in [5.41, 5.74) is 0.0193. The third kappa shape index (κ3) is 3.90. The average Bonchev–Trinajstić information content (AvgIpc) is 2.77. The molecular weight excluding hydrogens is 428 g/mol. The van der Waals surface area contributed by atoms with Crippen LogP contribution in [0.1, 0.15) is 42.5 Å². The van der Waals surface area contributed by atoms with Crippen molar-refractivity contribution >= 4 is 15.7 Å². The first kappa shape index (κ1) is 21.4. The quantitative estimate of drug-likeness (QED) is 0.718. The molecular formula is C24H28N2O5S. The summed E-state index contributed by atoms with van der Waals surface area (Å²) < 4.78 is 30.1. The molecule has 2 aromatic rings. The van der Waals surface area contributed by atoms with Gasteiger partial charge in [0.05, 0.1) is 5.60 Å². The summed E-state index contributed by atoms with van der Waals surface area (Å²) in [5.74, 6) is 1.12. The number of aliphatic hydroxyl groups is 1. The van der Waals surface area contributed by atoms with Crippen LogP contribution in [0.4, 0.5) is 0 Å². The fourth-order valence-corrected chi connectivity index (χ4v) is 7.28. The molecule has 1 N–H and O–H groups in total. The molecule has 32 heavy (non-hydrogen) atoms. The SMILES string of the molecule is CN(C(=O)c1ccc(OCS(=O)(=O)c2ccccn2)cc1)C1C2CC3CC1CC(O)(C3)C2. The van der Waals surface area contributed by atoms with Gasteiger partial charge >= 0.3 is 0 Å². The lowest BCUT2D eigenvalue weighted by Crippen LogP contribution is -2.61. The van der Waals surface area contributed by atoms with Gasteiger partial charge in [-0.2, -0.15) is 0 Å². The first-order valence-electron chi connectivity index (χ1n) is 11.1. The number of aromatic nitrogens is 1. The van der Waals surface area contributed by atoms with Crippen LogP contribution in [0.5, 0.6) is 5.75 Å². The predicted octanol–water partition coefficient (Wildman–Crippen LogP) is 2.90. The summed E-state index contributed by atoms with van der Waals surface area (Å²) >= 11 is 0. The van der Waals surface area contributed by atoms with E-state index in [0.717, 1.165) is 32.1 Å². The van der Waals surface area contributed by atoms with Crippen molar-refractivity contribution in [3.05, 3.63) is 54.2 Å². The van der Waals surface area contributed by atoms with Crippen molar-refractivity contribution in [3.63, 3.8) is 0 Å². The summed E-state index contributed by atoms with van der Waals surface area (Å²) in [6.07, 6.45) is 6.12. The molecule has 4 fully saturated rings. The molecule has 1 amide bonds. The number of ether oxygens (including phenoxy) is 1. The van der Waals surface area contributed by atoms with E-state index in [1.165, 1.54) is 12.3 Å². The number of carbonyl (C=O) groups is 1. The van der Waals surface area contributed by atoms with Crippen LogP contribution in [0.2, 0.25) is 0 Å². The van der Waals surface area contributed by atoms with Gasteiger partial charge in [0.15, 0.2) is 11.0 Å². The Balaban J connectivity index is 1.24. The molecule has 2 unspecified atom stereocenters. The van der Waals surface area contributed by atoms with Crippen LogP contribution in [0.25, 0.3) is 0 Å². The molecule has 4 aliphatic carbocycles. The lowest BCUT2D eigenvalue weighted by Gasteiger charge is -2.59. The second kappa shape index (κ2) is 7.85. The van der Waals surface area contributed by atoms with Gasteiger partial charge in [0.2, 0.25) is 9.84 Å². The summed E-state index contributed by atoms with van der Waals surface area (Å²) in [6, 6.07) is 11.4. The van der Waals surface area contributed by atoms with Crippen molar-refractivity contribution < 1.29 is 23.1 Å². The van der Waals surface area contributed by atoms with Crippen LogP contribution < -0.4 is 4.74 Å². The highest BCUT2D eigenvalue weighted by Crippen LogP contribution is 2.56. The Bertz CT molecular complexity index is 1090. The molecule has 0 saturated heterocycles. The molecule has 4 bridgehead atoms. The third-order valence-corrected chi connectivity index (χ3v) is 8.70. The molecule has 7 nitrogen and oxygen atoms in total. The molecule has 1 heterocycles. The second-order valence-corrected chi connectivity index (χ2v) is 11.6. The van der Waals surface area contributed by atoms with E-state index in [1.807, 2.05) is 11.9 Å². The van der Waals surface area contributed by atoms with Crippen LogP contribution in [0.3, 0.4) is 0 Å². The van der Waals surface area contributed by atoms with Gasteiger partial charge in [-0.1, -0.05) is 6.07 Å². The highest BCUT2D eigenvalue weighted by atomic mass is 32.2. The van der Waals surface area contributed by atoms with Crippen LogP contribution in [0.15, 0.2) is 53.7 Å². The minimum absolute atomic E-state index is 0.0336. The van der Waals surface area contributed by atoms with E-state index in [0.29, 0.717) is 29.1 Å². The first-order valence-corrected chi connectivity index (χ1v) is 12.8. The maximum Gasteiger partial charge on any atom is 0.253 e. The molecule has 0 aliphatic heterocycles. The van der Waals surface area contributed by atoms with E-state index in [-0.39, 0.29) is 17.0 Å². The van der Waals surface area contributed by atoms with E-state index in [9.17, 15) is 18.3 Å².